The van der Waals surface area contributed by atoms with Gasteiger partial charge in [-0.3, -0.25) is 13.9 Å². The molecule has 0 aliphatic heterocycles. The Hall–Kier alpha value is -2.76. The Morgan fingerprint density at radius 2 is 1.76 bits per heavy atom. The normalized spacial score (nSPS) is 11.1. The third kappa shape index (κ3) is 3.52. The van der Waals surface area contributed by atoms with Crippen LogP contribution in [-0.4, -0.2) is 27.0 Å². The van der Waals surface area contributed by atoms with E-state index in [0.29, 0.717) is 19.6 Å². The molecule has 132 valence electrons. The molecule has 0 saturated heterocycles. The number of hydrogen-bond donors (Lipinski definition) is 0. The quantitative estimate of drug-likeness (QED) is 0.664. The maximum atomic E-state index is 12.7. The lowest BCUT2D eigenvalue weighted by atomic mass is 10.3. The number of benzene rings is 1. The summed E-state index contributed by atoms with van der Waals surface area (Å²) >= 11 is 0. The van der Waals surface area contributed by atoms with E-state index in [9.17, 15) is 9.59 Å². The molecule has 0 N–H and O–H groups in total. The predicted octanol–water partition coefficient (Wildman–Crippen LogP) is 2.85. The highest BCUT2D eigenvalue weighted by Gasteiger charge is 2.15. The Morgan fingerprint density at radius 1 is 1.08 bits per heavy atom. The Bertz CT molecular complexity index is 906. The monoisotopic (exact) mass is 341 g/mol. The maximum absolute atomic E-state index is 12.7. The summed E-state index contributed by atoms with van der Waals surface area (Å²) in [7, 11) is 1.74. The van der Waals surface area contributed by atoms with E-state index in [0.717, 1.165) is 23.2 Å². The molecule has 0 spiro atoms. The van der Waals surface area contributed by atoms with Gasteiger partial charge in [-0.2, -0.15) is 0 Å². The minimum Gasteiger partial charge on any atom is -0.467 e. The summed E-state index contributed by atoms with van der Waals surface area (Å²) in [6.07, 6.45) is 2.76. The number of aromatic nitrogens is 2. The molecule has 0 fully saturated rings. The first-order valence-corrected chi connectivity index (χ1v) is 8.56. The van der Waals surface area contributed by atoms with Crippen LogP contribution < -0.4 is 5.69 Å². The fourth-order valence-electron chi connectivity index (χ4n) is 3.05. The molecular weight excluding hydrogens is 318 g/mol. The summed E-state index contributed by atoms with van der Waals surface area (Å²) in [4.78, 5) is 26.7. The largest absolute Gasteiger partial charge is 0.467 e. The van der Waals surface area contributed by atoms with E-state index in [1.807, 2.05) is 37.3 Å². The summed E-state index contributed by atoms with van der Waals surface area (Å²) in [5.41, 5.74) is 1.75. The molecule has 6 nitrogen and oxygen atoms in total. The van der Waals surface area contributed by atoms with Crippen LogP contribution in [0.3, 0.4) is 0 Å². The summed E-state index contributed by atoms with van der Waals surface area (Å²) < 4.78 is 8.75. The molecule has 1 aromatic carbocycles. The Kier molecular flexibility index (Phi) is 5.07. The molecule has 2 heterocycles. The van der Waals surface area contributed by atoms with Crippen LogP contribution in [0, 0.1) is 0 Å². The lowest BCUT2D eigenvalue weighted by molar-refractivity contribution is -0.130. The SMILES string of the molecule is CCCn1c(=O)n(CCC(=O)N(C)Cc2ccco2)c2ccccc21. The van der Waals surface area contributed by atoms with Crippen LogP contribution in [0.15, 0.2) is 51.9 Å². The van der Waals surface area contributed by atoms with Crippen LogP contribution in [0.5, 0.6) is 0 Å². The van der Waals surface area contributed by atoms with Gasteiger partial charge < -0.3 is 9.32 Å². The highest BCUT2D eigenvalue weighted by Crippen LogP contribution is 2.14. The number of furan rings is 1. The van der Waals surface area contributed by atoms with Crippen molar-refractivity contribution in [1.82, 2.24) is 14.0 Å². The first-order valence-electron chi connectivity index (χ1n) is 8.56. The fraction of sp³-hybridized carbons (Fsp3) is 0.368. The second-order valence-corrected chi connectivity index (χ2v) is 6.15. The highest BCUT2D eigenvalue weighted by molar-refractivity contribution is 5.78. The average Bonchev–Trinajstić information content (AvgIpc) is 3.21. The van der Waals surface area contributed by atoms with E-state index in [4.69, 9.17) is 4.42 Å². The van der Waals surface area contributed by atoms with E-state index in [1.165, 1.54) is 0 Å². The molecule has 0 radical (unpaired) electrons. The number of rotatable bonds is 7. The standard InChI is InChI=1S/C19H23N3O3/c1-3-11-21-16-8-4-5-9-17(16)22(19(21)24)12-10-18(23)20(2)14-15-7-6-13-25-15/h4-9,13H,3,10-12,14H2,1-2H3. The second kappa shape index (κ2) is 7.42. The molecule has 25 heavy (non-hydrogen) atoms. The number of hydrogen-bond acceptors (Lipinski definition) is 3. The van der Waals surface area contributed by atoms with Gasteiger partial charge in [-0.25, -0.2) is 4.79 Å². The summed E-state index contributed by atoms with van der Waals surface area (Å²) in [6, 6.07) is 11.4. The molecule has 0 aliphatic carbocycles. The summed E-state index contributed by atoms with van der Waals surface area (Å²) in [5.74, 6) is 0.725. The third-order valence-electron chi connectivity index (χ3n) is 4.32. The van der Waals surface area contributed by atoms with Crippen LogP contribution in [0.25, 0.3) is 11.0 Å². The van der Waals surface area contributed by atoms with E-state index < -0.39 is 0 Å². The van der Waals surface area contributed by atoms with E-state index in [1.54, 1.807) is 33.4 Å². The predicted molar refractivity (Wildman–Crippen MR) is 96.3 cm³/mol. The van der Waals surface area contributed by atoms with E-state index in [-0.39, 0.29) is 18.0 Å². The Balaban J connectivity index is 1.75. The number of carbonyl (C=O) groups is 1. The minimum absolute atomic E-state index is 0.0179. The van der Waals surface area contributed by atoms with Gasteiger partial charge in [0, 0.05) is 26.6 Å². The zero-order chi connectivity index (χ0) is 17.8. The highest BCUT2D eigenvalue weighted by atomic mass is 16.3. The van der Waals surface area contributed by atoms with Crippen molar-refractivity contribution in [3.8, 4) is 0 Å². The van der Waals surface area contributed by atoms with Crippen molar-refractivity contribution < 1.29 is 9.21 Å². The average molecular weight is 341 g/mol. The molecule has 0 atom stereocenters. The van der Waals surface area contributed by atoms with Gasteiger partial charge in [0.1, 0.15) is 5.76 Å². The van der Waals surface area contributed by atoms with Crippen molar-refractivity contribution in [3.05, 3.63) is 58.9 Å². The van der Waals surface area contributed by atoms with Gasteiger partial charge in [-0.05, 0) is 30.7 Å². The minimum atomic E-state index is -0.0514. The van der Waals surface area contributed by atoms with Crippen molar-refractivity contribution >= 4 is 16.9 Å². The van der Waals surface area contributed by atoms with Crippen LogP contribution >= 0.6 is 0 Å². The van der Waals surface area contributed by atoms with Crippen LogP contribution in [-0.2, 0) is 24.4 Å². The van der Waals surface area contributed by atoms with Crippen LogP contribution in [0.2, 0.25) is 0 Å². The maximum Gasteiger partial charge on any atom is 0.329 e. The number of fused-ring (bicyclic) bond motifs is 1. The Morgan fingerprint density at radius 3 is 2.36 bits per heavy atom. The summed E-state index contributed by atoms with van der Waals surface area (Å²) in [5, 5.41) is 0. The number of para-hydroxylation sites is 2. The first-order chi connectivity index (χ1) is 12.1. The molecule has 0 unspecified atom stereocenters. The molecule has 0 saturated carbocycles. The topological polar surface area (TPSA) is 60.4 Å². The van der Waals surface area contributed by atoms with Crippen LogP contribution in [0.4, 0.5) is 0 Å². The van der Waals surface area contributed by atoms with Gasteiger partial charge in [0.15, 0.2) is 0 Å². The first kappa shape index (κ1) is 17.1. The molecule has 3 rings (SSSR count). The number of imidazole rings is 1. The van der Waals surface area contributed by atoms with Gasteiger partial charge in [0.05, 0.1) is 23.8 Å². The molecule has 6 heteroatoms. The van der Waals surface area contributed by atoms with Crippen molar-refractivity contribution in [2.45, 2.75) is 39.4 Å². The molecule has 0 aliphatic rings. The lowest BCUT2D eigenvalue weighted by Crippen LogP contribution is -2.29. The Labute approximate surface area is 146 Å². The van der Waals surface area contributed by atoms with Gasteiger partial charge in [0.2, 0.25) is 5.91 Å². The van der Waals surface area contributed by atoms with Crippen molar-refractivity contribution in [2.75, 3.05) is 7.05 Å². The second-order valence-electron chi connectivity index (χ2n) is 6.15. The lowest BCUT2D eigenvalue weighted by Gasteiger charge is -2.15. The molecular formula is C19H23N3O3. The van der Waals surface area contributed by atoms with E-state index >= 15 is 0 Å². The number of carbonyl (C=O) groups excluding carboxylic acids is 1. The van der Waals surface area contributed by atoms with E-state index in [2.05, 4.69) is 0 Å². The summed E-state index contributed by atoms with van der Waals surface area (Å²) in [6.45, 7) is 3.53. The van der Waals surface area contributed by atoms with Crippen molar-refractivity contribution in [2.24, 2.45) is 0 Å². The third-order valence-corrected chi connectivity index (χ3v) is 4.32. The zero-order valence-corrected chi connectivity index (χ0v) is 14.6. The molecule has 3 aromatic rings. The number of aryl methyl sites for hydroxylation is 2. The van der Waals surface area contributed by atoms with Gasteiger partial charge in [-0.15, -0.1) is 0 Å². The van der Waals surface area contributed by atoms with Gasteiger partial charge >= 0.3 is 5.69 Å². The molecule has 1 amide bonds. The number of nitrogens with zero attached hydrogens (tertiary/aromatic N) is 3. The van der Waals surface area contributed by atoms with Gasteiger partial charge in [-0.1, -0.05) is 19.1 Å². The van der Waals surface area contributed by atoms with Gasteiger partial charge in [0.25, 0.3) is 0 Å². The van der Waals surface area contributed by atoms with Crippen molar-refractivity contribution in [3.63, 3.8) is 0 Å². The number of amides is 1. The fourth-order valence-corrected chi connectivity index (χ4v) is 3.05. The smallest absolute Gasteiger partial charge is 0.329 e. The zero-order valence-electron chi connectivity index (χ0n) is 14.6. The van der Waals surface area contributed by atoms with Crippen molar-refractivity contribution in [1.29, 1.82) is 0 Å². The van der Waals surface area contributed by atoms with Crippen LogP contribution in [0.1, 0.15) is 25.5 Å². The molecule has 0 bridgehead atoms. The molecule has 2 aromatic heterocycles.